The highest BCUT2D eigenvalue weighted by atomic mass is 35.5. The van der Waals surface area contributed by atoms with Gasteiger partial charge in [-0.05, 0) is 63.3 Å². The van der Waals surface area contributed by atoms with Gasteiger partial charge in [0, 0.05) is 36.0 Å². The maximum absolute atomic E-state index is 15.2. The molecule has 0 saturated carbocycles. The molecule has 2 amide bonds. The van der Waals surface area contributed by atoms with Crippen LogP contribution in [0.5, 0.6) is 5.75 Å². The van der Waals surface area contributed by atoms with Crippen LogP contribution in [0.1, 0.15) is 70.8 Å². The molecule has 52 heavy (non-hydrogen) atoms. The topological polar surface area (TPSA) is 160 Å². The molecule has 13 nitrogen and oxygen atoms in total. The summed E-state index contributed by atoms with van der Waals surface area (Å²) in [5.74, 6) is -2.63. The molecule has 4 aromatic heterocycles. The molecule has 1 unspecified atom stereocenters. The van der Waals surface area contributed by atoms with Gasteiger partial charge in [-0.25, -0.2) is 14.4 Å². The van der Waals surface area contributed by atoms with Crippen LogP contribution in [0, 0.1) is 19.7 Å². The van der Waals surface area contributed by atoms with Crippen molar-refractivity contribution in [3.8, 4) is 17.1 Å². The summed E-state index contributed by atoms with van der Waals surface area (Å²) in [6.07, 6.45) is -0.866. The van der Waals surface area contributed by atoms with Gasteiger partial charge in [0.1, 0.15) is 12.9 Å². The number of fused-ring (bicyclic) bond motifs is 3. The van der Waals surface area contributed by atoms with E-state index in [0.29, 0.717) is 36.6 Å². The molecule has 5 aromatic rings. The lowest BCUT2D eigenvalue weighted by molar-refractivity contribution is -0.137. The normalized spacial score (nSPS) is 16.8. The van der Waals surface area contributed by atoms with E-state index in [4.69, 9.17) is 11.6 Å². The smallest absolute Gasteiger partial charge is 0.416 e. The number of nitrogens with one attached hydrogen (secondary N) is 1. The third-order valence-corrected chi connectivity index (χ3v) is 10.2. The molecule has 18 heteroatoms. The van der Waals surface area contributed by atoms with Crippen molar-refractivity contribution in [1.82, 2.24) is 39.0 Å². The van der Waals surface area contributed by atoms with E-state index in [1.807, 2.05) is 6.92 Å². The number of piperidine rings is 1. The lowest BCUT2D eigenvalue weighted by Gasteiger charge is -2.39. The molecule has 1 atom stereocenters. The van der Waals surface area contributed by atoms with E-state index in [9.17, 15) is 32.7 Å². The lowest BCUT2D eigenvalue weighted by atomic mass is 9.73. The van der Waals surface area contributed by atoms with Crippen molar-refractivity contribution in [2.75, 3.05) is 18.4 Å². The summed E-state index contributed by atoms with van der Waals surface area (Å²) in [5, 5.41) is 17.1. The molecule has 1 aliphatic carbocycles. The standard InChI is InChI=1S/C34H30ClF4N9O4/c1-16-13-33(7-10-46(11-8-33)31(52)26-28(50)18(3)41-15-42-26)24-27(16)47(14-23(49)43-22-5-4-19(12-21(22)35)34(37,38)39)32-44-29(45-48(32)30(24)51)20-6-9-40-17(2)25(20)36/h4-6,9,12,15-16,50H,7-8,10-11,13-14H2,1-3H3,(H,43,49). The summed E-state index contributed by atoms with van der Waals surface area (Å²) >= 11 is 6.12. The highest BCUT2D eigenvalue weighted by Crippen LogP contribution is 2.50. The predicted molar refractivity (Wildman–Crippen MR) is 179 cm³/mol. The molecule has 7 rings (SSSR count). The van der Waals surface area contributed by atoms with Gasteiger partial charge in [0.15, 0.2) is 23.1 Å². The van der Waals surface area contributed by atoms with Crippen LogP contribution in [-0.2, 0) is 22.9 Å². The highest BCUT2D eigenvalue weighted by Gasteiger charge is 2.49. The zero-order valence-corrected chi connectivity index (χ0v) is 28.7. The van der Waals surface area contributed by atoms with Crippen LogP contribution in [0.25, 0.3) is 17.2 Å². The first-order valence-electron chi connectivity index (χ1n) is 16.2. The first-order chi connectivity index (χ1) is 24.6. The quantitative estimate of drug-likeness (QED) is 0.231. The summed E-state index contributed by atoms with van der Waals surface area (Å²) in [6, 6.07) is 3.92. The number of benzene rings is 1. The highest BCUT2D eigenvalue weighted by molar-refractivity contribution is 6.33. The Balaban J connectivity index is 1.29. The number of hydrogen-bond donors (Lipinski definition) is 2. The molecule has 1 aliphatic heterocycles. The number of rotatable bonds is 5. The molecule has 1 fully saturated rings. The maximum atomic E-state index is 15.2. The number of anilines is 1. The van der Waals surface area contributed by atoms with Crippen molar-refractivity contribution in [3.63, 3.8) is 0 Å². The average Bonchev–Trinajstić information content (AvgIpc) is 3.66. The number of pyridine rings is 1. The van der Waals surface area contributed by atoms with Crippen LogP contribution in [0.15, 0.2) is 41.6 Å². The molecular weight excluding hydrogens is 710 g/mol. The van der Waals surface area contributed by atoms with Crippen LogP contribution < -0.4 is 10.9 Å². The van der Waals surface area contributed by atoms with Gasteiger partial charge in [-0.3, -0.25) is 19.4 Å². The minimum Gasteiger partial charge on any atom is -0.504 e. The monoisotopic (exact) mass is 739 g/mol. The fourth-order valence-corrected chi connectivity index (χ4v) is 7.58. The van der Waals surface area contributed by atoms with E-state index in [1.54, 1.807) is 11.8 Å². The summed E-state index contributed by atoms with van der Waals surface area (Å²) in [5.41, 5.74) is -1.22. The Morgan fingerprint density at radius 3 is 2.52 bits per heavy atom. The lowest BCUT2D eigenvalue weighted by Crippen LogP contribution is -2.46. The molecule has 5 heterocycles. The first kappa shape index (κ1) is 35.0. The van der Waals surface area contributed by atoms with E-state index >= 15 is 4.39 Å². The predicted octanol–water partition coefficient (Wildman–Crippen LogP) is 5.20. The van der Waals surface area contributed by atoms with Gasteiger partial charge in [-0.1, -0.05) is 18.5 Å². The number of nitrogens with zero attached hydrogens (tertiary/aromatic N) is 8. The second-order valence-corrected chi connectivity index (χ2v) is 13.5. The van der Waals surface area contributed by atoms with Gasteiger partial charge in [0.05, 0.1) is 33.2 Å². The third kappa shape index (κ3) is 5.81. The summed E-state index contributed by atoms with van der Waals surface area (Å²) in [4.78, 5) is 59.3. The Morgan fingerprint density at radius 2 is 1.83 bits per heavy atom. The second kappa shape index (κ2) is 12.6. The van der Waals surface area contributed by atoms with E-state index in [2.05, 4.69) is 30.4 Å². The zero-order chi connectivity index (χ0) is 37.3. The van der Waals surface area contributed by atoms with E-state index in [1.165, 1.54) is 30.1 Å². The SMILES string of the molecule is Cc1ncnc(C(=O)N2CCC3(CC2)CC(C)c2c3c(=O)n3nc(-c4ccnc(C)c4F)nc3n2CC(=O)Nc2ccc(C(F)(F)F)cc2Cl)c1O. The number of alkyl halides is 3. The Kier molecular flexibility index (Phi) is 8.51. The van der Waals surface area contributed by atoms with Crippen molar-refractivity contribution in [2.24, 2.45) is 0 Å². The number of aryl methyl sites for hydroxylation is 2. The van der Waals surface area contributed by atoms with Crippen LogP contribution in [0.3, 0.4) is 0 Å². The van der Waals surface area contributed by atoms with Gasteiger partial charge in [0.2, 0.25) is 11.7 Å². The van der Waals surface area contributed by atoms with E-state index in [0.717, 1.165) is 16.6 Å². The summed E-state index contributed by atoms with van der Waals surface area (Å²) in [6.45, 7) is 4.92. The third-order valence-electron chi connectivity index (χ3n) is 9.87. The minimum atomic E-state index is -4.64. The molecule has 2 N–H and O–H groups in total. The molecule has 1 saturated heterocycles. The average molecular weight is 740 g/mol. The Bertz CT molecular complexity index is 2350. The van der Waals surface area contributed by atoms with E-state index in [-0.39, 0.29) is 69.7 Å². The number of aromatic nitrogens is 7. The number of carbonyl (C=O) groups is 2. The Labute approximate surface area is 297 Å². The van der Waals surface area contributed by atoms with Gasteiger partial charge in [0.25, 0.3) is 11.5 Å². The Hall–Kier alpha value is -5.45. The largest absolute Gasteiger partial charge is 0.504 e. The molecule has 1 spiro atoms. The Morgan fingerprint density at radius 1 is 1.10 bits per heavy atom. The second-order valence-electron chi connectivity index (χ2n) is 13.1. The van der Waals surface area contributed by atoms with Crippen molar-refractivity contribution in [2.45, 2.75) is 64.1 Å². The molecule has 2 aliphatic rings. The maximum Gasteiger partial charge on any atom is 0.416 e. The van der Waals surface area contributed by atoms with E-state index < -0.39 is 46.9 Å². The first-order valence-corrected chi connectivity index (χ1v) is 16.6. The van der Waals surface area contributed by atoms with Crippen LogP contribution in [0.4, 0.5) is 23.2 Å². The van der Waals surface area contributed by atoms with Gasteiger partial charge >= 0.3 is 6.18 Å². The minimum absolute atomic E-state index is 0.0129. The number of amides is 2. The number of carbonyl (C=O) groups excluding carboxylic acids is 2. The molecule has 0 radical (unpaired) electrons. The van der Waals surface area contributed by atoms with Crippen LogP contribution >= 0.6 is 11.6 Å². The van der Waals surface area contributed by atoms with Gasteiger partial charge in [-0.15, -0.1) is 5.10 Å². The number of aromatic hydroxyl groups is 1. The number of halogens is 5. The molecule has 270 valence electrons. The number of hydrogen-bond acceptors (Lipinski definition) is 9. The fourth-order valence-electron chi connectivity index (χ4n) is 7.35. The zero-order valence-electron chi connectivity index (χ0n) is 27.9. The van der Waals surface area contributed by atoms with Crippen LogP contribution in [0.2, 0.25) is 5.02 Å². The van der Waals surface area contributed by atoms with Crippen molar-refractivity contribution in [1.29, 1.82) is 0 Å². The van der Waals surface area contributed by atoms with Crippen molar-refractivity contribution >= 4 is 34.9 Å². The molecule has 0 bridgehead atoms. The van der Waals surface area contributed by atoms with Gasteiger partial charge in [-0.2, -0.15) is 22.7 Å². The van der Waals surface area contributed by atoms with Gasteiger partial charge < -0.3 is 19.9 Å². The number of likely N-dealkylation sites (tertiary alicyclic amines) is 1. The summed E-state index contributed by atoms with van der Waals surface area (Å²) in [7, 11) is 0. The van der Waals surface area contributed by atoms with Crippen LogP contribution in [-0.4, -0.2) is 69.0 Å². The summed E-state index contributed by atoms with van der Waals surface area (Å²) < 4.78 is 57.5. The van der Waals surface area contributed by atoms with Crippen molar-refractivity contribution in [3.05, 3.63) is 91.9 Å². The van der Waals surface area contributed by atoms with Crippen molar-refractivity contribution < 1.29 is 32.3 Å². The molecular formula is C34H30ClF4N9O4. The molecule has 1 aromatic carbocycles. The fraction of sp³-hybridized carbons (Fsp3) is 0.353.